The lowest BCUT2D eigenvalue weighted by Gasteiger charge is -2.70. The first-order chi connectivity index (χ1) is 14.8. The zero-order valence-electron chi connectivity index (χ0n) is 22.0. The molecule has 2 N–H and O–H groups in total. The predicted molar refractivity (Wildman–Crippen MR) is 134 cm³/mol. The fourth-order valence-corrected chi connectivity index (χ4v) is 9.94. The SMILES string of the molecule is C=C(CCC=C(C)C)C1CC[C@]2(C)C1[C@H](O)CC1[C@@]3(C)CCC(O)C(C)(C)C3CC[C@]12C. The van der Waals surface area contributed by atoms with E-state index in [1.165, 1.54) is 36.8 Å². The molecular weight excluding hydrogens is 392 g/mol. The monoisotopic (exact) mass is 442 g/mol. The third kappa shape index (κ3) is 3.33. The van der Waals surface area contributed by atoms with Crippen molar-refractivity contribution in [3.8, 4) is 0 Å². The molecule has 4 fully saturated rings. The van der Waals surface area contributed by atoms with Gasteiger partial charge in [-0.15, -0.1) is 0 Å². The minimum absolute atomic E-state index is 0.0333. The van der Waals surface area contributed by atoms with Gasteiger partial charge in [-0.2, -0.15) is 0 Å². The molecule has 0 spiro atoms. The average Bonchev–Trinajstić information content (AvgIpc) is 3.07. The number of aliphatic hydroxyl groups excluding tert-OH is 2. The summed E-state index contributed by atoms with van der Waals surface area (Å²) in [4.78, 5) is 0. The van der Waals surface area contributed by atoms with E-state index in [1.807, 2.05) is 0 Å². The second-order valence-corrected chi connectivity index (χ2v) is 13.8. The second kappa shape index (κ2) is 7.98. The van der Waals surface area contributed by atoms with E-state index >= 15 is 0 Å². The maximum atomic E-state index is 11.7. The molecule has 4 rings (SSSR count). The topological polar surface area (TPSA) is 40.5 Å². The van der Waals surface area contributed by atoms with Crippen LogP contribution in [0.5, 0.6) is 0 Å². The number of hydrogen-bond acceptors (Lipinski definition) is 2. The lowest BCUT2D eigenvalue weighted by atomic mass is 9.35. The summed E-state index contributed by atoms with van der Waals surface area (Å²) in [5.74, 6) is 1.90. The first-order valence-corrected chi connectivity index (χ1v) is 13.5. The molecule has 0 radical (unpaired) electrons. The van der Waals surface area contributed by atoms with Crippen molar-refractivity contribution in [2.45, 2.75) is 118 Å². The van der Waals surface area contributed by atoms with Crippen LogP contribution in [0.2, 0.25) is 0 Å². The normalized spacial score (nSPS) is 49.5. The molecule has 5 unspecified atom stereocenters. The fraction of sp³-hybridized carbons (Fsp3) is 0.867. The average molecular weight is 443 g/mol. The van der Waals surface area contributed by atoms with Crippen molar-refractivity contribution in [1.82, 2.24) is 0 Å². The minimum Gasteiger partial charge on any atom is -0.393 e. The number of hydrogen-bond donors (Lipinski definition) is 2. The summed E-state index contributed by atoms with van der Waals surface area (Å²) in [7, 11) is 0. The Morgan fingerprint density at radius 2 is 1.56 bits per heavy atom. The van der Waals surface area contributed by atoms with E-state index in [-0.39, 0.29) is 33.9 Å². The Balaban J connectivity index is 1.64. The van der Waals surface area contributed by atoms with Crippen molar-refractivity contribution in [3.63, 3.8) is 0 Å². The molecule has 4 aliphatic carbocycles. The molecule has 4 aliphatic rings. The van der Waals surface area contributed by atoms with Crippen LogP contribution >= 0.6 is 0 Å². The van der Waals surface area contributed by atoms with Gasteiger partial charge in [0.1, 0.15) is 0 Å². The first-order valence-electron chi connectivity index (χ1n) is 13.5. The third-order valence-electron chi connectivity index (χ3n) is 11.9. The van der Waals surface area contributed by atoms with Crippen LogP contribution in [0.25, 0.3) is 0 Å². The van der Waals surface area contributed by atoms with Crippen LogP contribution in [0.1, 0.15) is 106 Å². The molecule has 2 nitrogen and oxygen atoms in total. The Morgan fingerprint density at radius 1 is 0.906 bits per heavy atom. The van der Waals surface area contributed by atoms with Crippen LogP contribution in [0, 0.1) is 45.3 Å². The number of rotatable bonds is 4. The molecule has 32 heavy (non-hydrogen) atoms. The molecule has 0 saturated heterocycles. The van der Waals surface area contributed by atoms with Gasteiger partial charge in [0.2, 0.25) is 0 Å². The van der Waals surface area contributed by atoms with Gasteiger partial charge in [0.25, 0.3) is 0 Å². The Labute approximate surface area is 198 Å². The third-order valence-corrected chi connectivity index (χ3v) is 11.9. The van der Waals surface area contributed by atoms with Gasteiger partial charge in [-0.25, -0.2) is 0 Å². The van der Waals surface area contributed by atoms with Crippen molar-refractivity contribution < 1.29 is 10.2 Å². The van der Waals surface area contributed by atoms with Crippen molar-refractivity contribution in [2.75, 3.05) is 0 Å². The van der Waals surface area contributed by atoms with E-state index in [0.717, 1.165) is 32.1 Å². The quantitative estimate of drug-likeness (QED) is 0.448. The highest BCUT2D eigenvalue weighted by Crippen LogP contribution is 2.75. The summed E-state index contributed by atoms with van der Waals surface area (Å²) < 4.78 is 0. The maximum absolute atomic E-state index is 11.7. The molecule has 4 saturated carbocycles. The molecule has 2 heteroatoms. The van der Waals surface area contributed by atoms with Gasteiger partial charge in [-0.05, 0) is 117 Å². The van der Waals surface area contributed by atoms with E-state index < -0.39 is 0 Å². The van der Waals surface area contributed by atoms with E-state index in [0.29, 0.717) is 23.7 Å². The first kappa shape index (κ1) is 24.5. The Morgan fingerprint density at radius 3 is 2.22 bits per heavy atom. The highest BCUT2D eigenvalue weighted by molar-refractivity contribution is 5.22. The summed E-state index contributed by atoms with van der Waals surface area (Å²) in [5, 5.41) is 22.6. The fourth-order valence-electron chi connectivity index (χ4n) is 9.94. The summed E-state index contributed by atoms with van der Waals surface area (Å²) in [6, 6.07) is 0. The van der Waals surface area contributed by atoms with E-state index in [4.69, 9.17) is 0 Å². The summed E-state index contributed by atoms with van der Waals surface area (Å²) in [5.41, 5.74) is 3.37. The molecule has 0 heterocycles. The highest BCUT2D eigenvalue weighted by atomic mass is 16.3. The van der Waals surface area contributed by atoms with E-state index in [2.05, 4.69) is 61.1 Å². The van der Waals surface area contributed by atoms with Crippen LogP contribution in [-0.2, 0) is 0 Å². The van der Waals surface area contributed by atoms with Gasteiger partial charge in [-0.3, -0.25) is 0 Å². The van der Waals surface area contributed by atoms with Crippen molar-refractivity contribution in [2.24, 2.45) is 45.3 Å². The standard InChI is InChI=1S/C30H50O2/c1-19(2)10-9-11-20(3)21-12-16-30(8)26(21)22(31)18-24-28(6)15-14-25(32)27(4,5)23(28)13-17-29(24,30)7/h10,21-26,31-32H,3,9,11-18H2,1-2,4-8H3/t21?,22-,23?,24?,25?,26?,28+,29-,30-/m1/s1. The Bertz CT molecular complexity index is 776. The number of aliphatic hydroxyl groups is 2. The summed E-state index contributed by atoms with van der Waals surface area (Å²) in [6.45, 7) is 21.1. The Kier molecular flexibility index (Phi) is 6.11. The van der Waals surface area contributed by atoms with E-state index in [1.54, 1.807) is 0 Å². The molecule has 0 bridgehead atoms. The van der Waals surface area contributed by atoms with Gasteiger partial charge < -0.3 is 10.2 Å². The molecule has 0 aromatic rings. The van der Waals surface area contributed by atoms with Crippen molar-refractivity contribution in [3.05, 3.63) is 23.8 Å². The van der Waals surface area contributed by atoms with Crippen molar-refractivity contribution >= 4 is 0 Å². The molecule has 0 amide bonds. The van der Waals surface area contributed by atoms with Crippen molar-refractivity contribution in [1.29, 1.82) is 0 Å². The van der Waals surface area contributed by atoms with Gasteiger partial charge in [0.15, 0.2) is 0 Å². The van der Waals surface area contributed by atoms with Crippen LogP contribution in [0.4, 0.5) is 0 Å². The molecule has 182 valence electrons. The molecule has 0 aliphatic heterocycles. The molecule has 0 aromatic heterocycles. The predicted octanol–water partition coefficient (Wildman–Crippen LogP) is 7.31. The summed E-state index contributed by atoms with van der Waals surface area (Å²) in [6.07, 6.45) is 11.9. The second-order valence-electron chi connectivity index (χ2n) is 13.8. The summed E-state index contributed by atoms with van der Waals surface area (Å²) >= 11 is 0. The van der Waals surface area contributed by atoms with Gasteiger partial charge >= 0.3 is 0 Å². The van der Waals surface area contributed by atoms with Gasteiger partial charge in [0, 0.05) is 0 Å². The highest BCUT2D eigenvalue weighted by Gasteiger charge is 2.70. The van der Waals surface area contributed by atoms with Crippen LogP contribution < -0.4 is 0 Å². The zero-order chi connectivity index (χ0) is 23.7. The minimum atomic E-state index is -0.226. The molecule has 9 atom stereocenters. The van der Waals surface area contributed by atoms with Gasteiger partial charge in [0.05, 0.1) is 12.2 Å². The smallest absolute Gasteiger partial charge is 0.0594 e. The van der Waals surface area contributed by atoms with Crippen LogP contribution in [-0.4, -0.2) is 22.4 Å². The maximum Gasteiger partial charge on any atom is 0.0594 e. The number of fused-ring (bicyclic) bond motifs is 5. The largest absolute Gasteiger partial charge is 0.393 e. The van der Waals surface area contributed by atoms with Crippen LogP contribution in [0.3, 0.4) is 0 Å². The molecule has 0 aromatic carbocycles. The number of allylic oxidation sites excluding steroid dienone is 3. The van der Waals surface area contributed by atoms with E-state index in [9.17, 15) is 10.2 Å². The Hall–Kier alpha value is -0.600. The lowest BCUT2D eigenvalue weighted by molar-refractivity contribution is -0.240. The molecular formula is C30H50O2. The van der Waals surface area contributed by atoms with Gasteiger partial charge in [-0.1, -0.05) is 58.4 Å². The van der Waals surface area contributed by atoms with Crippen LogP contribution in [0.15, 0.2) is 23.8 Å². The lowest BCUT2D eigenvalue weighted by Crippen LogP contribution is -2.66. The zero-order valence-corrected chi connectivity index (χ0v) is 22.0.